The van der Waals surface area contributed by atoms with Gasteiger partial charge in [-0.15, -0.1) is 5.10 Å². The quantitative estimate of drug-likeness (QED) is 0.335. The molecule has 0 saturated carbocycles. The van der Waals surface area contributed by atoms with Crippen molar-refractivity contribution < 1.29 is 13.6 Å². The second-order valence-electron chi connectivity index (χ2n) is 11.4. The van der Waals surface area contributed by atoms with E-state index in [1.165, 1.54) is 0 Å². The van der Waals surface area contributed by atoms with Crippen molar-refractivity contribution in [1.82, 2.24) is 14.6 Å². The van der Waals surface area contributed by atoms with E-state index in [1.807, 2.05) is 35.7 Å². The molecule has 1 unspecified atom stereocenters. The van der Waals surface area contributed by atoms with Gasteiger partial charge in [-0.25, -0.2) is 13.9 Å². The molecule has 0 bridgehead atoms. The van der Waals surface area contributed by atoms with E-state index in [0.29, 0.717) is 19.6 Å². The second kappa shape index (κ2) is 10.2. The van der Waals surface area contributed by atoms with E-state index >= 15 is 0 Å². The third kappa shape index (κ3) is 5.36. The topological polar surface area (TPSA) is 51.9 Å². The first-order valence-corrected chi connectivity index (χ1v) is 15.9. The summed E-state index contributed by atoms with van der Waals surface area (Å²) < 4.78 is 28.6. The van der Waals surface area contributed by atoms with Crippen LogP contribution in [-0.4, -0.2) is 49.2 Å². The van der Waals surface area contributed by atoms with Crippen molar-refractivity contribution in [3.63, 3.8) is 0 Å². The molecule has 0 radical (unpaired) electrons. The van der Waals surface area contributed by atoms with Crippen molar-refractivity contribution in [1.29, 1.82) is 0 Å². The van der Waals surface area contributed by atoms with Crippen molar-refractivity contribution in [2.24, 2.45) is 0 Å². The highest BCUT2D eigenvalue weighted by atomic mass is 28.4. The zero-order chi connectivity index (χ0) is 26.3. The molecule has 1 aliphatic heterocycles. The number of alkyl halides is 1. The molecule has 6 nitrogen and oxygen atoms in total. The lowest BCUT2D eigenvalue weighted by molar-refractivity contribution is 0.122. The fourth-order valence-electron chi connectivity index (χ4n) is 4.62. The Morgan fingerprint density at radius 2 is 1.81 bits per heavy atom. The Bertz CT molecular complexity index is 1210. The van der Waals surface area contributed by atoms with Gasteiger partial charge in [-0.05, 0) is 67.7 Å². The molecule has 0 N–H and O–H groups in total. The molecule has 8 heteroatoms. The van der Waals surface area contributed by atoms with Crippen LogP contribution in [0, 0.1) is 6.92 Å². The van der Waals surface area contributed by atoms with Gasteiger partial charge in [0.2, 0.25) is 0 Å². The van der Waals surface area contributed by atoms with E-state index in [-0.39, 0.29) is 11.1 Å². The number of ether oxygens (including phenoxy) is 1. The summed E-state index contributed by atoms with van der Waals surface area (Å²) in [6, 6.07) is 9.97. The van der Waals surface area contributed by atoms with Crippen LogP contribution < -0.4 is 4.90 Å². The van der Waals surface area contributed by atoms with Crippen LogP contribution in [0.2, 0.25) is 18.1 Å². The molecule has 2 atom stereocenters. The Labute approximate surface area is 216 Å². The summed E-state index contributed by atoms with van der Waals surface area (Å²) in [6.45, 7) is 20.0. The molecule has 1 aliphatic rings. The third-order valence-electron chi connectivity index (χ3n) is 7.86. The summed E-state index contributed by atoms with van der Waals surface area (Å²) in [6.07, 6.45) is -0.593. The van der Waals surface area contributed by atoms with E-state index < -0.39 is 14.5 Å². The van der Waals surface area contributed by atoms with Gasteiger partial charge < -0.3 is 14.1 Å². The van der Waals surface area contributed by atoms with Gasteiger partial charge in [-0.2, -0.15) is 0 Å². The Morgan fingerprint density at radius 3 is 2.44 bits per heavy atom. The molecule has 36 heavy (non-hydrogen) atoms. The number of anilines is 1. The van der Waals surface area contributed by atoms with Crippen LogP contribution in [0.5, 0.6) is 0 Å². The molecule has 4 rings (SSSR count). The summed E-state index contributed by atoms with van der Waals surface area (Å²) in [5.41, 5.74) is 5.50. The lowest BCUT2D eigenvalue weighted by atomic mass is 9.96. The molecule has 1 fully saturated rings. The summed E-state index contributed by atoms with van der Waals surface area (Å²) in [7, 11) is -2.03. The van der Waals surface area contributed by atoms with E-state index in [4.69, 9.17) is 19.2 Å². The maximum atomic E-state index is 14.3. The fraction of sp³-hybridized carbons (Fsp3) is 0.571. The Morgan fingerprint density at radius 1 is 1.11 bits per heavy atom. The highest BCUT2D eigenvalue weighted by Crippen LogP contribution is 2.40. The average Bonchev–Trinajstić information content (AvgIpc) is 3.17. The fourth-order valence-corrected chi connectivity index (χ4v) is 5.97. The van der Waals surface area contributed by atoms with Crippen LogP contribution in [-0.2, 0) is 15.6 Å². The van der Waals surface area contributed by atoms with Gasteiger partial charge in [0.1, 0.15) is 12.0 Å². The maximum Gasteiger partial charge on any atom is 0.192 e. The third-order valence-corrected chi connectivity index (χ3v) is 12.4. The Balaban J connectivity index is 1.81. The summed E-state index contributed by atoms with van der Waals surface area (Å²) >= 11 is 0. The monoisotopic (exact) mass is 512 g/mol. The standard InChI is InChI=1S/C28H41FN4O2Si/c1-19-22(10-9-11-23(19)20(2)29)18-24-27(21(3)35-36(7,8)28(4,5)6)30-25-12-13-26(31-33(24)25)32-14-16-34-17-15-32/h9-13,20-21H,14-18H2,1-8H3/t20-,21?/m0/s1. The number of halogens is 1. The normalized spacial score (nSPS) is 17.0. The zero-order valence-electron chi connectivity index (χ0n) is 23.1. The molecule has 3 aromatic rings. The molecule has 0 spiro atoms. The Kier molecular flexibility index (Phi) is 7.60. The lowest BCUT2D eigenvalue weighted by Crippen LogP contribution is -2.41. The van der Waals surface area contributed by atoms with Crippen LogP contribution in [0.3, 0.4) is 0 Å². The predicted octanol–water partition coefficient (Wildman–Crippen LogP) is 6.58. The summed E-state index contributed by atoms with van der Waals surface area (Å²) in [4.78, 5) is 7.28. The molecule has 1 aromatic carbocycles. The van der Waals surface area contributed by atoms with Gasteiger partial charge >= 0.3 is 0 Å². The van der Waals surface area contributed by atoms with Crippen LogP contribution in [0.25, 0.3) is 5.65 Å². The van der Waals surface area contributed by atoms with Crippen LogP contribution in [0.4, 0.5) is 10.2 Å². The van der Waals surface area contributed by atoms with Crippen molar-refractivity contribution in [3.8, 4) is 0 Å². The van der Waals surface area contributed by atoms with Crippen molar-refractivity contribution in [2.75, 3.05) is 31.2 Å². The number of fused-ring (bicyclic) bond motifs is 1. The van der Waals surface area contributed by atoms with Gasteiger partial charge in [0.15, 0.2) is 14.0 Å². The number of benzene rings is 1. The highest BCUT2D eigenvalue weighted by molar-refractivity contribution is 6.74. The van der Waals surface area contributed by atoms with E-state index in [2.05, 4.69) is 51.8 Å². The van der Waals surface area contributed by atoms with Gasteiger partial charge in [0, 0.05) is 19.5 Å². The summed E-state index contributed by atoms with van der Waals surface area (Å²) in [5, 5.41) is 5.12. The van der Waals surface area contributed by atoms with Crippen LogP contribution >= 0.6 is 0 Å². The molecular weight excluding hydrogens is 471 g/mol. The number of hydrogen-bond donors (Lipinski definition) is 0. The van der Waals surface area contributed by atoms with E-state index in [1.54, 1.807) is 6.92 Å². The van der Waals surface area contributed by atoms with Gasteiger partial charge in [-0.3, -0.25) is 0 Å². The minimum absolute atomic E-state index is 0.0878. The first-order valence-electron chi connectivity index (χ1n) is 13.0. The largest absolute Gasteiger partial charge is 0.409 e. The van der Waals surface area contributed by atoms with Crippen LogP contribution in [0.15, 0.2) is 30.3 Å². The molecule has 2 aromatic heterocycles. The van der Waals surface area contributed by atoms with Crippen molar-refractivity contribution in [3.05, 3.63) is 58.4 Å². The average molecular weight is 513 g/mol. The van der Waals surface area contributed by atoms with Crippen LogP contribution in [0.1, 0.15) is 75.0 Å². The van der Waals surface area contributed by atoms with Gasteiger partial charge in [0.25, 0.3) is 0 Å². The SMILES string of the molecule is Cc1c(Cc2c(C(C)O[Si](C)(C)C(C)(C)C)nc3ccc(N4CCOCC4)nn23)cccc1[C@H](C)F. The zero-order valence-corrected chi connectivity index (χ0v) is 24.1. The lowest BCUT2D eigenvalue weighted by Gasteiger charge is -2.38. The van der Waals surface area contributed by atoms with E-state index in [0.717, 1.165) is 52.6 Å². The van der Waals surface area contributed by atoms with Gasteiger partial charge in [0.05, 0.1) is 30.7 Å². The van der Waals surface area contributed by atoms with Crippen molar-refractivity contribution in [2.45, 2.75) is 78.4 Å². The Hall–Kier alpha value is -2.29. The number of imidazole rings is 1. The van der Waals surface area contributed by atoms with Gasteiger partial charge in [-0.1, -0.05) is 39.0 Å². The molecule has 0 amide bonds. The maximum absolute atomic E-state index is 14.3. The highest BCUT2D eigenvalue weighted by Gasteiger charge is 2.39. The molecule has 3 heterocycles. The number of aromatic nitrogens is 3. The first-order chi connectivity index (χ1) is 16.9. The molecule has 0 aliphatic carbocycles. The predicted molar refractivity (Wildman–Crippen MR) is 146 cm³/mol. The smallest absolute Gasteiger partial charge is 0.192 e. The molecule has 196 valence electrons. The van der Waals surface area contributed by atoms with E-state index in [9.17, 15) is 4.39 Å². The number of morpholine rings is 1. The molecular formula is C28H41FN4O2Si. The summed E-state index contributed by atoms with van der Waals surface area (Å²) in [5.74, 6) is 0.914. The molecule has 1 saturated heterocycles. The second-order valence-corrected chi connectivity index (χ2v) is 16.2. The number of hydrogen-bond acceptors (Lipinski definition) is 5. The first kappa shape index (κ1) is 26.8. The number of rotatable bonds is 7. The minimum Gasteiger partial charge on any atom is -0.409 e. The minimum atomic E-state index is -2.03. The van der Waals surface area contributed by atoms with Crippen molar-refractivity contribution >= 4 is 19.8 Å². The number of nitrogens with zero attached hydrogens (tertiary/aromatic N) is 4.